The molecule has 0 amide bonds. The Labute approximate surface area is 169 Å². The van der Waals surface area contributed by atoms with Gasteiger partial charge in [-0.1, -0.05) is 32.5 Å². The Hall–Kier alpha value is -2.41. The van der Waals surface area contributed by atoms with Crippen molar-refractivity contribution in [1.29, 1.82) is 0 Å². The lowest BCUT2D eigenvalue weighted by molar-refractivity contribution is -0.118. The van der Waals surface area contributed by atoms with Crippen LogP contribution in [0.25, 0.3) is 0 Å². The molecule has 1 aliphatic heterocycles. The number of carbonyl (C=O) groups excluding carboxylic acids is 1. The molecule has 0 saturated carbocycles. The Bertz CT molecular complexity index is 955. The van der Waals surface area contributed by atoms with E-state index in [-0.39, 0.29) is 17.1 Å². The van der Waals surface area contributed by atoms with Gasteiger partial charge in [-0.15, -0.1) is 0 Å². The molecule has 146 valence electrons. The number of anilines is 2. The van der Waals surface area contributed by atoms with Crippen molar-refractivity contribution in [2.24, 2.45) is 5.41 Å². The van der Waals surface area contributed by atoms with Crippen LogP contribution in [0.4, 0.5) is 11.6 Å². The lowest BCUT2D eigenvalue weighted by Crippen LogP contribution is -2.34. The molecule has 2 aliphatic rings. The first-order valence-electron chi connectivity index (χ1n) is 9.63. The second kappa shape index (κ2) is 7.20. The molecule has 0 fully saturated rings. The van der Waals surface area contributed by atoms with Crippen molar-refractivity contribution in [1.82, 2.24) is 15.0 Å². The maximum absolute atomic E-state index is 13.2. The highest BCUT2D eigenvalue weighted by Gasteiger charge is 2.42. The minimum atomic E-state index is -0.261. The molecule has 28 heavy (non-hydrogen) atoms. The number of Topliss-reactive ketones (excluding diaryl/α,β-unsaturated/α-hetero) is 1. The normalized spacial score (nSPS) is 20.4. The monoisotopic (exact) mass is 395 g/mol. The maximum atomic E-state index is 13.2. The highest BCUT2D eigenvalue weighted by molar-refractivity contribution is 7.99. The fraction of sp³-hybridized carbons (Fsp3) is 0.429. The zero-order valence-corrected chi connectivity index (χ0v) is 17.3. The van der Waals surface area contributed by atoms with Gasteiger partial charge in [-0.3, -0.25) is 9.78 Å². The van der Waals surface area contributed by atoms with E-state index >= 15 is 0 Å². The van der Waals surface area contributed by atoms with Crippen molar-refractivity contribution >= 4 is 29.2 Å². The molecule has 2 aromatic rings. The average Bonchev–Trinajstić information content (AvgIpc) is 2.64. The molecule has 0 saturated heterocycles. The summed E-state index contributed by atoms with van der Waals surface area (Å²) in [5.41, 5.74) is 9.86. The Morgan fingerprint density at radius 3 is 2.71 bits per heavy atom. The van der Waals surface area contributed by atoms with Gasteiger partial charge in [0.05, 0.1) is 0 Å². The van der Waals surface area contributed by atoms with Crippen molar-refractivity contribution in [2.45, 2.75) is 51.1 Å². The van der Waals surface area contributed by atoms with Gasteiger partial charge in [0.1, 0.15) is 11.6 Å². The standard InChI is InChI=1S/C21H25N5OS/c1-4-9-28-20-25-18(22)17-15(12-5-7-23-8-6-12)16-13(24-19(17)26-20)10-21(2,3)11-14(16)27/h5-8,15H,4,9-11H2,1-3H3,(H3,22,24,25,26). The van der Waals surface area contributed by atoms with Crippen LogP contribution in [0.1, 0.15) is 57.1 Å². The highest BCUT2D eigenvalue weighted by atomic mass is 32.2. The lowest BCUT2D eigenvalue weighted by atomic mass is 9.69. The Morgan fingerprint density at radius 1 is 1.25 bits per heavy atom. The summed E-state index contributed by atoms with van der Waals surface area (Å²) in [6, 6.07) is 3.88. The van der Waals surface area contributed by atoms with Gasteiger partial charge >= 0.3 is 0 Å². The van der Waals surface area contributed by atoms with E-state index in [4.69, 9.17) is 10.7 Å². The molecule has 3 heterocycles. The second-order valence-electron chi connectivity index (χ2n) is 8.17. The van der Waals surface area contributed by atoms with Crippen LogP contribution in [0.5, 0.6) is 0 Å². The van der Waals surface area contributed by atoms with Crippen LogP contribution in [0.3, 0.4) is 0 Å². The molecule has 1 atom stereocenters. The SMILES string of the molecule is CCCSc1nc(N)c2c(n1)NC1=C(C(=O)CC(C)(C)C1)C2c1ccncc1. The van der Waals surface area contributed by atoms with Crippen LogP contribution >= 0.6 is 11.8 Å². The van der Waals surface area contributed by atoms with Crippen molar-refractivity contribution in [3.8, 4) is 0 Å². The van der Waals surface area contributed by atoms with Crippen LogP contribution in [-0.4, -0.2) is 26.5 Å². The quantitative estimate of drug-likeness (QED) is 0.593. The van der Waals surface area contributed by atoms with Gasteiger partial charge in [0.25, 0.3) is 0 Å². The summed E-state index contributed by atoms with van der Waals surface area (Å²) in [7, 11) is 0. The number of carbonyl (C=O) groups is 1. The zero-order chi connectivity index (χ0) is 19.9. The number of rotatable bonds is 4. The predicted octanol–water partition coefficient (Wildman–Crippen LogP) is 4.16. The number of hydrogen-bond acceptors (Lipinski definition) is 7. The van der Waals surface area contributed by atoms with E-state index in [0.29, 0.717) is 17.4 Å². The molecule has 3 N–H and O–H groups in total. The summed E-state index contributed by atoms with van der Waals surface area (Å²) in [6.07, 6.45) is 5.86. The first kappa shape index (κ1) is 18.9. The van der Waals surface area contributed by atoms with Gasteiger partial charge in [-0.05, 0) is 36.0 Å². The zero-order valence-electron chi connectivity index (χ0n) is 16.5. The van der Waals surface area contributed by atoms with E-state index < -0.39 is 0 Å². The minimum absolute atomic E-state index is 0.0818. The number of aromatic nitrogens is 3. The van der Waals surface area contributed by atoms with Crippen molar-refractivity contribution in [2.75, 3.05) is 16.8 Å². The third kappa shape index (κ3) is 3.39. The number of hydrogen-bond donors (Lipinski definition) is 2. The smallest absolute Gasteiger partial charge is 0.191 e. The van der Waals surface area contributed by atoms with E-state index in [0.717, 1.165) is 46.8 Å². The predicted molar refractivity (Wildman–Crippen MR) is 112 cm³/mol. The molecule has 4 rings (SSSR count). The maximum Gasteiger partial charge on any atom is 0.191 e. The minimum Gasteiger partial charge on any atom is -0.383 e. The molecule has 0 radical (unpaired) electrons. The Balaban J connectivity index is 1.89. The molecular formula is C21H25N5OS. The van der Waals surface area contributed by atoms with Crippen LogP contribution in [-0.2, 0) is 4.79 Å². The first-order chi connectivity index (χ1) is 13.4. The second-order valence-corrected chi connectivity index (χ2v) is 9.24. The molecule has 1 aliphatic carbocycles. The van der Waals surface area contributed by atoms with E-state index in [1.54, 1.807) is 24.2 Å². The molecule has 1 unspecified atom stereocenters. The fourth-order valence-corrected chi connectivity index (χ4v) is 4.77. The van der Waals surface area contributed by atoms with Crippen LogP contribution in [0.15, 0.2) is 41.0 Å². The largest absolute Gasteiger partial charge is 0.383 e. The number of nitrogens with two attached hydrogens (primary N) is 1. The summed E-state index contributed by atoms with van der Waals surface area (Å²) >= 11 is 1.60. The number of thioether (sulfide) groups is 1. The third-order valence-electron chi connectivity index (χ3n) is 5.20. The number of ketones is 1. The Morgan fingerprint density at radius 2 is 2.00 bits per heavy atom. The highest BCUT2D eigenvalue weighted by Crippen LogP contribution is 2.49. The van der Waals surface area contributed by atoms with E-state index in [9.17, 15) is 4.79 Å². The van der Waals surface area contributed by atoms with Gasteiger partial charge in [-0.25, -0.2) is 9.97 Å². The van der Waals surface area contributed by atoms with Crippen LogP contribution in [0.2, 0.25) is 0 Å². The van der Waals surface area contributed by atoms with Gasteiger partial charge in [-0.2, -0.15) is 0 Å². The molecule has 0 spiro atoms. The summed E-state index contributed by atoms with van der Waals surface area (Å²) < 4.78 is 0. The van der Waals surface area contributed by atoms with Gasteiger partial charge < -0.3 is 11.1 Å². The molecule has 2 aromatic heterocycles. The number of nitrogens with one attached hydrogen (secondary N) is 1. The van der Waals surface area contributed by atoms with Crippen LogP contribution < -0.4 is 11.1 Å². The average molecular weight is 396 g/mol. The summed E-state index contributed by atoms with van der Waals surface area (Å²) in [5, 5.41) is 4.11. The topological polar surface area (TPSA) is 93.8 Å². The number of allylic oxidation sites excluding steroid dienone is 2. The van der Waals surface area contributed by atoms with Crippen molar-refractivity contribution < 1.29 is 4.79 Å². The number of nitrogens with zero attached hydrogens (tertiary/aromatic N) is 3. The summed E-state index contributed by atoms with van der Waals surface area (Å²) in [6.45, 7) is 6.38. The lowest BCUT2D eigenvalue weighted by Gasteiger charge is -2.39. The van der Waals surface area contributed by atoms with E-state index in [2.05, 4.69) is 36.1 Å². The first-order valence-corrected chi connectivity index (χ1v) is 10.6. The summed E-state index contributed by atoms with van der Waals surface area (Å²) in [5.74, 6) is 1.99. The molecule has 0 bridgehead atoms. The van der Waals surface area contributed by atoms with E-state index in [1.165, 1.54) is 0 Å². The fourth-order valence-electron chi connectivity index (χ4n) is 4.06. The Kier molecular flexibility index (Phi) is 4.87. The molecule has 7 heteroatoms. The van der Waals surface area contributed by atoms with Gasteiger partial charge in [0.2, 0.25) is 0 Å². The van der Waals surface area contributed by atoms with E-state index in [1.807, 2.05) is 12.1 Å². The molecular weight excluding hydrogens is 370 g/mol. The third-order valence-corrected chi connectivity index (χ3v) is 6.25. The van der Waals surface area contributed by atoms with Crippen LogP contribution in [0, 0.1) is 5.41 Å². The summed E-state index contributed by atoms with van der Waals surface area (Å²) in [4.78, 5) is 26.6. The van der Waals surface area contributed by atoms with Crippen molar-refractivity contribution in [3.05, 3.63) is 46.9 Å². The molecule has 0 aromatic carbocycles. The van der Waals surface area contributed by atoms with Gasteiger partial charge in [0, 0.05) is 47.3 Å². The van der Waals surface area contributed by atoms with Crippen molar-refractivity contribution in [3.63, 3.8) is 0 Å². The number of nitrogen functional groups attached to an aromatic ring is 1. The molecule has 6 nitrogen and oxygen atoms in total. The number of pyridine rings is 1. The van der Waals surface area contributed by atoms with Gasteiger partial charge in [0.15, 0.2) is 10.9 Å². The number of fused-ring (bicyclic) bond motifs is 1.